The minimum atomic E-state index is -3.53. The third-order valence-electron chi connectivity index (χ3n) is 8.08. The molecule has 12 heteroatoms. The minimum absolute atomic E-state index is 0.207. The molecule has 11 nitrogen and oxygen atoms in total. The third kappa shape index (κ3) is 9.90. The van der Waals surface area contributed by atoms with Crippen molar-refractivity contribution in [3.8, 4) is 0 Å². The Morgan fingerprint density at radius 1 is 0.851 bits per heavy atom. The first-order valence-corrected chi connectivity index (χ1v) is 16.9. The van der Waals surface area contributed by atoms with Crippen LogP contribution < -0.4 is 16.8 Å². The number of sulfonamides is 1. The predicted octanol–water partition coefficient (Wildman–Crippen LogP) is 2.71. The Balaban J connectivity index is 0.000000229. The van der Waals surface area contributed by atoms with Crippen LogP contribution in [0.1, 0.15) is 35.1 Å². The van der Waals surface area contributed by atoms with Crippen LogP contribution in [0.5, 0.6) is 0 Å². The molecule has 250 valence electrons. The molecule has 5 rings (SSSR count). The zero-order valence-corrected chi connectivity index (χ0v) is 27.6. The van der Waals surface area contributed by atoms with Gasteiger partial charge >= 0.3 is 11.9 Å². The SMILES string of the molecule is COC(=O)[C@@H](N)Cc1ccc(C2=CCN(S(=O)(=O)c3cccnc3)CC2)cc1.COC(=O)[C@@H](N)Cc1ccc(C2=CCNCC2)cc1. The summed E-state index contributed by atoms with van der Waals surface area (Å²) < 4.78 is 36.0. The molecule has 0 unspecified atom stereocenters. The molecule has 0 saturated heterocycles. The number of nitrogens with one attached hydrogen (secondary N) is 1. The molecule has 3 heterocycles. The van der Waals surface area contributed by atoms with Gasteiger partial charge in [-0.25, -0.2) is 8.42 Å². The average Bonchev–Trinajstić information content (AvgIpc) is 3.12. The van der Waals surface area contributed by atoms with Crippen molar-refractivity contribution < 1.29 is 27.5 Å². The average molecular weight is 662 g/mol. The number of aromatic nitrogens is 1. The fourth-order valence-corrected chi connectivity index (χ4v) is 6.70. The second-order valence-corrected chi connectivity index (χ2v) is 13.2. The van der Waals surface area contributed by atoms with Gasteiger partial charge in [0.1, 0.15) is 17.0 Å². The molecular weight excluding hydrogens is 618 g/mol. The fourth-order valence-electron chi connectivity index (χ4n) is 5.35. The summed E-state index contributed by atoms with van der Waals surface area (Å²) in [4.78, 5) is 26.8. The number of hydrogen-bond acceptors (Lipinski definition) is 10. The van der Waals surface area contributed by atoms with Crippen molar-refractivity contribution in [3.05, 3.63) is 107 Å². The molecule has 2 aliphatic rings. The van der Waals surface area contributed by atoms with E-state index in [0.717, 1.165) is 41.8 Å². The number of carbonyl (C=O) groups is 2. The summed E-state index contributed by atoms with van der Waals surface area (Å²) in [5, 5.41) is 3.30. The Hall–Kier alpha value is -4.20. The van der Waals surface area contributed by atoms with Crippen LogP contribution in [0.15, 0.2) is 90.1 Å². The first-order chi connectivity index (χ1) is 22.6. The van der Waals surface area contributed by atoms with Crippen molar-refractivity contribution >= 4 is 33.1 Å². The van der Waals surface area contributed by atoms with Gasteiger partial charge in [0.25, 0.3) is 0 Å². The lowest BCUT2D eigenvalue weighted by atomic mass is 9.97. The minimum Gasteiger partial charge on any atom is -0.468 e. The lowest BCUT2D eigenvalue weighted by molar-refractivity contribution is -0.142. The summed E-state index contributed by atoms with van der Waals surface area (Å²) in [5.41, 5.74) is 18.3. The highest BCUT2D eigenvalue weighted by molar-refractivity contribution is 7.89. The van der Waals surface area contributed by atoms with Crippen LogP contribution in [0.2, 0.25) is 0 Å². The van der Waals surface area contributed by atoms with E-state index in [0.29, 0.717) is 32.4 Å². The molecule has 1 aromatic heterocycles. The van der Waals surface area contributed by atoms with Crippen LogP contribution in [0.25, 0.3) is 11.1 Å². The summed E-state index contributed by atoms with van der Waals surface area (Å²) >= 11 is 0. The second-order valence-electron chi connectivity index (χ2n) is 11.3. The second kappa shape index (κ2) is 17.1. The third-order valence-corrected chi connectivity index (χ3v) is 9.93. The maximum atomic E-state index is 12.7. The van der Waals surface area contributed by atoms with E-state index in [4.69, 9.17) is 11.5 Å². The topological polar surface area (TPSA) is 167 Å². The Bertz CT molecular complexity index is 1660. The number of ether oxygens (including phenoxy) is 2. The van der Waals surface area contributed by atoms with Gasteiger partial charge in [-0.1, -0.05) is 60.7 Å². The van der Waals surface area contributed by atoms with E-state index >= 15 is 0 Å². The molecule has 2 aliphatic heterocycles. The first-order valence-electron chi connectivity index (χ1n) is 15.5. The maximum absolute atomic E-state index is 12.7. The maximum Gasteiger partial charge on any atom is 0.322 e. The Kier molecular flexibility index (Phi) is 13.0. The van der Waals surface area contributed by atoms with E-state index < -0.39 is 28.1 Å². The molecule has 0 amide bonds. The van der Waals surface area contributed by atoms with E-state index in [1.54, 1.807) is 18.3 Å². The van der Waals surface area contributed by atoms with E-state index in [1.807, 2.05) is 42.5 Å². The van der Waals surface area contributed by atoms with Gasteiger partial charge in [0.05, 0.1) is 14.2 Å². The van der Waals surface area contributed by atoms with Gasteiger partial charge in [0.15, 0.2) is 0 Å². The molecule has 0 bridgehead atoms. The molecular formula is C35H43N5O6S. The van der Waals surface area contributed by atoms with Crippen molar-refractivity contribution in [1.82, 2.24) is 14.6 Å². The van der Waals surface area contributed by atoms with Crippen LogP contribution in [-0.2, 0) is 41.9 Å². The van der Waals surface area contributed by atoms with Crippen molar-refractivity contribution in [2.24, 2.45) is 11.5 Å². The fraction of sp³-hybridized carbons (Fsp3) is 0.343. The smallest absolute Gasteiger partial charge is 0.322 e. The van der Waals surface area contributed by atoms with Crippen LogP contribution in [-0.4, -0.2) is 82.1 Å². The van der Waals surface area contributed by atoms with Crippen molar-refractivity contribution in [2.75, 3.05) is 40.4 Å². The van der Waals surface area contributed by atoms with Crippen molar-refractivity contribution in [1.29, 1.82) is 0 Å². The van der Waals surface area contributed by atoms with Crippen LogP contribution in [0, 0.1) is 0 Å². The molecule has 3 aromatic rings. The number of benzene rings is 2. The molecule has 2 atom stereocenters. The van der Waals surface area contributed by atoms with Gasteiger partial charge in [0.2, 0.25) is 10.0 Å². The van der Waals surface area contributed by atoms with Gasteiger partial charge in [-0.05, 0) is 77.8 Å². The molecule has 5 N–H and O–H groups in total. The predicted molar refractivity (Wildman–Crippen MR) is 181 cm³/mol. The molecule has 0 fully saturated rings. The standard InChI is InChI=1S/C20H23N3O4S.C15H20N2O2/c1-27-20(24)19(21)13-15-4-6-16(7-5-15)17-8-11-23(12-9-17)28(25,26)18-3-2-10-22-14-18;1-19-15(18)14(16)10-11-2-4-12(5-3-11)13-6-8-17-9-7-13/h2-8,10,14,19H,9,11-13,21H2,1H3;2-6,14,17H,7-10,16H2,1H3/t19-;14-/m00/s1. The zero-order valence-electron chi connectivity index (χ0n) is 26.8. The lowest BCUT2D eigenvalue weighted by Gasteiger charge is -2.26. The largest absolute Gasteiger partial charge is 0.468 e. The Labute approximate surface area is 276 Å². The summed E-state index contributed by atoms with van der Waals surface area (Å²) in [6, 6.07) is 17.9. The van der Waals surface area contributed by atoms with Gasteiger partial charge in [-0.2, -0.15) is 4.31 Å². The van der Waals surface area contributed by atoms with Gasteiger partial charge in [0, 0.05) is 32.0 Å². The number of pyridine rings is 1. The summed E-state index contributed by atoms with van der Waals surface area (Å²) in [6.45, 7) is 2.70. The highest BCUT2D eigenvalue weighted by Gasteiger charge is 2.26. The quantitative estimate of drug-likeness (QED) is 0.275. The number of nitrogens with zero attached hydrogens (tertiary/aromatic N) is 2. The molecule has 0 saturated carbocycles. The van der Waals surface area contributed by atoms with Crippen LogP contribution in [0.4, 0.5) is 0 Å². The Morgan fingerprint density at radius 3 is 1.83 bits per heavy atom. The summed E-state index contributed by atoms with van der Waals surface area (Å²) in [7, 11) is -0.856. The van der Waals surface area contributed by atoms with E-state index in [2.05, 4.69) is 38.0 Å². The monoisotopic (exact) mass is 661 g/mol. The van der Waals surface area contributed by atoms with Gasteiger partial charge in [-0.3, -0.25) is 14.6 Å². The van der Waals surface area contributed by atoms with Gasteiger partial charge in [-0.15, -0.1) is 0 Å². The Morgan fingerprint density at radius 2 is 1.40 bits per heavy atom. The number of nitrogens with two attached hydrogens (primary N) is 2. The molecule has 0 aliphatic carbocycles. The van der Waals surface area contributed by atoms with Crippen LogP contribution >= 0.6 is 0 Å². The molecule has 2 aromatic carbocycles. The lowest BCUT2D eigenvalue weighted by Crippen LogP contribution is -2.34. The van der Waals surface area contributed by atoms with E-state index in [-0.39, 0.29) is 10.9 Å². The van der Waals surface area contributed by atoms with Crippen LogP contribution in [0.3, 0.4) is 0 Å². The number of rotatable bonds is 10. The van der Waals surface area contributed by atoms with Crippen molar-refractivity contribution in [3.63, 3.8) is 0 Å². The number of methoxy groups -OCH3 is 2. The summed E-state index contributed by atoms with van der Waals surface area (Å²) in [6.07, 6.45) is 9.67. The summed E-state index contributed by atoms with van der Waals surface area (Å²) in [5.74, 6) is -0.806. The normalized spacial score (nSPS) is 16.4. The highest BCUT2D eigenvalue weighted by atomic mass is 32.2. The molecule has 0 radical (unpaired) electrons. The van der Waals surface area contributed by atoms with Crippen molar-refractivity contribution in [2.45, 2.75) is 42.7 Å². The zero-order chi connectivity index (χ0) is 33.8. The number of hydrogen-bond donors (Lipinski definition) is 3. The molecule has 47 heavy (non-hydrogen) atoms. The van der Waals surface area contributed by atoms with E-state index in [9.17, 15) is 18.0 Å². The van der Waals surface area contributed by atoms with Gasteiger partial charge < -0.3 is 26.3 Å². The number of carbonyl (C=O) groups excluding carboxylic acids is 2. The van der Waals surface area contributed by atoms with E-state index in [1.165, 1.54) is 35.9 Å². The molecule has 0 spiro atoms. The number of esters is 2. The highest BCUT2D eigenvalue weighted by Crippen LogP contribution is 2.26. The first kappa shape index (κ1) is 35.7.